The van der Waals surface area contributed by atoms with Crippen LogP contribution < -0.4 is 10.5 Å². The molecule has 8 heteroatoms. The van der Waals surface area contributed by atoms with Crippen LogP contribution in [0.25, 0.3) is 11.2 Å². The summed E-state index contributed by atoms with van der Waals surface area (Å²) in [5, 5.41) is 18.2. The van der Waals surface area contributed by atoms with Gasteiger partial charge in [0.1, 0.15) is 0 Å². The molecule has 1 saturated carbocycles. The maximum atomic E-state index is 10.1. The molecular weight excluding hydrogens is 248 g/mol. The van der Waals surface area contributed by atoms with Crippen molar-refractivity contribution < 1.29 is 9.84 Å². The van der Waals surface area contributed by atoms with Gasteiger partial charge in [-0.1, -0.05) is 18.1 Å². The topological polar surface area (TPSA) is 112 Å². The quantitative estimate of drug-likeness (QED) is 0.801. The van der Waals surface area contributed by atoms with E-state index >= 15 is 0 Å². The van der Waals surface area contributed by atoms with Gasteiger partial charge in [-0.15, -0.1) is 5.10 Å². The van der Waals surface area contributed by atoms with Gasteiger partial charge in [-0.3, -0.25) is 0 Å². The van der Waals surface area contributed by atoms with Crippen molar-refractivity contribution in [2.24, 2.45) is 0 Å². The molecule has 0 saturated heterocycles. The number of fused-ring (bicyclic) bond motifs is 1. The molecule has 8 nitrogen and oxygen atoms in total. The van der Waals surface area contributed by atoms with Crippen LogP contribution in [0.4, 0.5) is 5.95 Å². The Morgan fingerprint density at radius 1 is 1.32 bits per heavy atom. The normalized spacial score (nSPS) is 23.7. The zero-order valence-electron chi connectivity index (χ0n) is 10.7. The first kappa shape index (κ1) is 12.1. The molecule has 3 N–H and O–H groups in total. The van der Waals surface area contributed by atoms with E-state index in [-0.39, 0.29) is 12.0 Å². The van der Waals surface area contributed by atoms with Gasteiger partial charge >= 0.3 is 0 Å². The monoisotopic (exact) mass is 264 g/mol. The summed E-state index contributed by atoms with van der Waals surface area (Å²) in [6.07, 6.45) is 3.28. The predicted octanol–water partition coefficient (Wildman–Crippen LogP) is 0.288. The first-order valence-corrected chi connectivity index (χ1v) is 6.31. The van der Waals surface area contributed by atoms with Crippen molar-refractivity contribution in [3.8, 4) is 5.88 Å². The molecule has 0 aliphatic heterocycles. The molecule has 2 aromatic rings. The van der Waals surface area contributed by atoms with Gasteiger partial charge in [0.15, 0.2) is 11.2 Å². The van der Waals surface area contributed by atoms with Gasteiger partial charge in [0, 0.05) is 0 Å². The van der Waals surface area contributed by atoms with Gasteiger partial charge in [0.05, 0.1) is 19.3 Å². The summed E-state index contributed by atoms with van der Waals surface area (Å²) < 4.78 is 6.76. The molecule has 2 aromatic heterocycles. The lowest BCUT2D eigenvalue weighted by Gasteiger charge is -2.27. The van der Waals surface area contributed by atoms with Gasteiger partial charge in [-0.2, -0.15) is 9.97 Å². The van der Waals surface area contributed by atoms with Crippen LogP contribution in [-0.2, 0) is 0 Å². The minimum absolute atomic E-state index is 0.109. The highest BCUT2D eigenvalue weighted by Crippen LogP contribution is 2.31. The van der Waals surface area contributed by atoms with Crippen LogP contribution in [0.3, 0.4) is 0 Å². The Labute approximate surface area is 109 Å². The zero-order chi connectivity index (χ0) is 13.4. The van der Waals surface area contributed by atoms with E-state index in [1.165, 1.54) is 7.11 Å². The highest BCUT2D eigenvalue weighted by Gasteiger charge is 2.28. The largest absolute Gasteiger partial charge is 0.479 e. The van der Waals surface area contributed by atoms with Crippen molar-refractivity contribution >= 4 is 17.1 Å². The van der Waals surface area contributed by atoms with Crippen molar-refractivity contribution in [2.45, 2.75) is 37.8 Å². The molecule has 0 spiro atoms. The molecule has 3 rings (SSSR count). The first-order chi connectivity index (χ1) is 9.20. The number of rotatable bonds is 2. The maximum absolute atomic E-state index is 10.1. The summed E-state index contributed by atoms with van der Waals surface area (Å²) in [4.78, 5) is 8.13. The molecule has 2 atom stereocenters. The van der Waals surface area contributed by atoms with Crippen LogP contribution in [-0.4, -0.2) is 43.3 Å². The molecule has 0 aromatic carbocycles. The third kappa shape index (κ3) is 1.97. The van der Waals surface area contributed by atoms with E-state index < -0.39 is 6.10 Å². The van der Waals surface area contributed by atoms with Gasteiger partial charge in [0.25, 0.3) is 0 Å². The average Bonchev–Trinajstić information content (AvgIpc) is 2.82. The van der Waals surface area contributed by atoms with E-state index in [4.69, 9.17) is 10.5 Å². The lowest BCUT2D eigenvalue weighted by molar-refractivity contribution is 0.0703. The first-order valence-electron chi connectivity index (χ1n) is 6.31. The number of nitrogen functional groups attached to an aromatic ring is 1. The van der Waals surface area contributed by atoms with Crippen molar-refractivity contribution in [3.63, 3.8) is 0 Å². The molecule has 19 heavy (non-hydrogen) atoms. The Balaban J connectivity index is 2.11. The standard InChI is InChI=1S/C11H16N6O2/c1-19-10-8-9(13-11(12)14-10)17(16-15-8)6-4-2-3-5-7(6)18/h6-7,18H,2-5H2,1H3,(H2,12,13,14)/t6-,7+/m0/s1. The second kappa shape index (κ2) is 4.61. The second-order valence-corrected chi connectivity index (χ2v) is 4.72. The van der Waals surface area contributed by atoms with Gasteiger partial charge in [-0.05, 0) is 12.8 Å². The molecule has 1 fully saturated rings. The minimum atomic E-state index is -0.430. The van der Waals surface area contributed by atoms with Crippen LogP contribution >= 0.6 is 0 Å². The third-order valence-electron chi connectivity index (χ3n) is 3.51. The fraction of sp³-hybridized carbons (Fsp3) is 0.636. The fourth-order valence-electron chi connectivity index (χ4n) is 2.56. The average molecular weight is 264 g/mol. The highest BCUT2D eigenvalue weighted by atomic mass is 16.5. The molecule has 2 heterocycles. The summed E-state index contributed by atoms with van der Waals surface area (Å²) in [6, 6.07) is -0.113. The number of aliphatic hydroxyl groups is 1. The highest BCUT2D eigenvalue weighted by molar-refractivity contribution is 5.76. The van der Waals surface area contributed by atoms with Crippen molar-refractivity contribution in [2.75, 3.05) is 12.8 Å². The lowest BCUT2D eigenvalue weighted by Crippen LogP contribution is -2.28. The number of anilines is 1. The van der Waals surface area contributed by atoms with Gasteiger partial charge in [-0.25, -0.2) is 4.68 Å². The molecule has 0 bridgehead atoms. The molecule has 0 unspecified atom stereocenters. The summed E-state index contributed by atoms with van der Waals surface area (Å²) in [5.41, 5.74) is 6.64. The molecule has 0 radical (unpaired) electrons. The number of nitrogens with two attached hydrogens (primary N) is 1. The van der Waals surface area contributed by atoms with E-state index in [2.05, 4.69) is 20.3 Å². The zero-order valence-corrected chi connectivity index (χ0v) is 10.7. The van der Waals surface area contributed by atoms with Crippen molar-refractivity contribution in [1.82, 2.24) is 25.0 Å². The lowest BCUT2D eigenvalue weighted by atomic mass is 9.93. The Morgan fingerprint density at radius 2 is 2.11 bits per heavy atom. The summed E-state index contributed by atoms with van der Waals surface area (Å²) >= 11 is 0. The molecule has 0 amide bonds. The van der Waals surface area contributed by atoms with E-state index in [0.29, 0.717) is 17.0 Å². The fourth-order valence-corrected chi connectivity index (χ4v) is 2.56. The SMILES string of the molecule is COc1nc(N)nc2c1nnn2[C@H]1CCCC[C@H]1O. The smallest absolute Gasteiger partial charge is 0.248 e. The second-order valence-electron chi connectivity index (χ2n) is 4.72. The van der Waals surface area contributed by atoms with Crippen LogP contribution in [0.2, 0.25) is 0 Å². The summed E-state index contributed by atoms with van der Waals surface area (Å²) in [6.45, 7) is 0. The Morgan fingerprint density at radius 3 is 2.84 bits per heavy atom. The number of ether oxygens (including phenoxy) is 1. The van der Waals surface area contributed by atoms with E-state index in [1.807, 2.05) is 0 Å². The molecule has 1 aliphatic carbocycles. The Kier molecular flexibility index (Phi) is 2.94. The number of hydrogen-bond donors (Lipinski definition) is 2. The predicted molar refractivity (Wildman–Crippen MR) is 67.6 cm³/mol. The Hall–Kier alpha value is -1.96. The third-order valence-corrected chi connectivity index (χ3v) is 3.51. The molecule has 102 valence electrons. The number of nitrogens with zero attached hydrogens (tertiary/aromatic N) is 5. The number of hydrogen-bond acceptors (Lipinski definition) is 7. The summed E-state index contributed by atoms with van der Waals surface area (Å²) in [5.74, 6) is 0.414. The van der Waals surface area contributed by atoms with Gasteiger partial charge < -0.3 is 15.6 Å². The van der Waals surface area contributed by atoms with Crippen LogP contribution in [0, 0.1) is 0 Å². The van der Waals surface area contributed by atoms with Crippen LogP contribution in [0.5, 0.6) is 5.88 Å². The van der Waals surface area contributed by atoms with Gasteiger partial charge in [0.2, 0.25) is 11.8 Å². The maximum Gasteiger partial charge on any atom is 0.248 e. The van der Waals surface area contributed by atoms with Crippen molar-refractivity contribution in [1.29, 1.82) is 0 Å². The van der Waals surface area contributed by atoms with Crippen molar-refractivity contribution in [3.05, 3.63) is 0 Å². The number of methoxy groups -OCH3 is 1. The van der Waals surface area contributed by atoms with E-state index in [0.717, 1.165) is 25.7 Å². The van der Waals surface area contributed by atoms with E-state index in [9.17, 15) is 5.11 Å². The number of aliphatic hydroxyl groups excluding tert-OH is 1. The molecular formula is C11H16N6O2. The van der Waals surface area contributed by atoms with Crippen LogP contribution in [0.15, 0.2) is 0 Å². The Bertz CT molecular complexity index is 598. The molecule has 1 aliphatic rings. The summed E-state index contributed by atoms with van der Waals surface area (Å²) in [7, 11) is 1.50. The van der Waals surface area contributed by atoms with Crippen LogP contribution in [0.1, 0.15) is 31.7 Å². The minimum Gasteiger partial charge on any atom is -0.479 e. The van der Waals surface area contributed by atoms with E-state index in [1.54, 1.807) is 4.68 Å². The number of aromatic nitrogens is 5.